The van der Waals surface area contributed by atoms with Gasteiger partial charge in [0.05, 0.1) is 17.6 Å². The average Bonchev–Trinajstić information content (AvgIpc) is 2.66. The average molecular weight is 251 g/mol. The number of rotatable bonds is 1. The van der Waals surface area contributed by atoms with E-state index in [0.717, 1.165) is 41.2 Å². The lowest BCUT2D eigenvalue weighted by Crippen LogP contribution is -2.24. The predicted octanol–water partition coefficient (Wildman–Crippen LogP) is 2.49. The number of methoxy groups -OCH3 is 1. The predicted molar refractivity (Wildman–Crippen MR) is 69.9 cm³/mol. The summed E-state index contributed by atoms with van der Waals surface area (Å²) in [5.74, 6) is 0.907. The van der Waals surface area contributed by atoms with Crippen LogP contribution in [0.15, 0.2) is 12.1 Å². The maximum Gasteiger partial charge on any atom is 0.128 e. The Balaban J connectivity index is 2.45. The molecule has 0 fully saturated rings. The molecule has 90 valence electrons. The van der Waals surface area contributed by atoms with Gasteiger partial charge in [-0.25, -0.2) is 0 Å². The number of aromatic nitrogens is 1. The third-order valence-corrected chi connectivity index (χ3v) is 3.85. The number of hydrogen-bond acceptors (Lipinski definition) is 2. The molecule has 0 bridgehead atoms. The molecule has 0 atom stereocenters. The van der Waals surface area contributed by atoms with E-state index in [1.54, 1.807) is 7.11 Å². The number of ether oxygens (including phenoxy) is 1. The molecule has 17 heavy (non-hydrogen) atoms. The van der Waals surface area contributed by atoms with Crippen LogP contribution in [-0.2, 0) is 20.0 Å². The monoisotopic (exact) mass is 250 g/mol. The number of aryl methyl sites for hydroxylation is 1. The van der Waals surface area contributed by atoms with Gasteiger partial charge in [-0.1, -0.05) is 11.6 Å². The summed E-state index contributed by atoms with van der Waals surface area (Å²) in [6, 6.07) is 3.85. The molecule has 2 aromatic rings. The molecule has 1 aliphatic rings. The second-order valence-corrected chi connectivity index (χ2v) is 4.79. The van der Waals surface area contributed by atoms with Gasteiger partial charge < -0.3 is 14.6 Å². The van der Waals surface area contributed by atoms with Crippen molar-refractivity contribution in [1.29, 1.82) is 0 Å². The van der Waals surface area contributed by atoms with E-state index in [1.807, 2.05) is 12.1 Å². The SMILES string of the molecule is COc1ccc(Cl)c2c1c1c(n2C)CCNC1. The van der Waals surface area contributed by atoms with Crippen molar-refractivity contribution in [3.63, 3.8) is 0 Å². The fourth-order valence-electron chi connectivity index (χ4n) is 2.75. The van der Waals surface area contributed by atoms with Crippen LogP contribution in [0.2, 0.25) is 5.02 Å². The van der Waals surface area contributed by atoms with Gasteiger partial charge in [-0.15, -0.1) is 0 Å². The molecule has 0 saturated carbocycles. The number of nitrogens with zero attached hydrogens (tertiary/aromatic N) is 1. The molecule has 0 unspecified atom stereocenters. The van der Waals surface area contributed by atoms with Gasteiger partial charge in [0.25, 0.3) is 0 Å². The van der Waals surface area contributed by atoms with E-state index >= 15 is 0 Å². The number of halogens is 1. The van der Waals surface area contributed by atoms with Gasteiger partial charge in [-0.2, -0.15) is 0 Å². The van der Waals surface area contributed by atoms with Crippen LogP contribution in [0.4, 0.5) is 0 Å². The topological polar surface area (TPSA) is 26.2 Å². The zero-order valence-corrected chi connectivity index (χ0v) is 10.8. The fourth-order valence-corrected chi connectivity index (χ4v) is 3.03. The smallest absolute Gasteiger partial charge is 0.128 e. The van der Waals surface area contributed by atoms with Crippen molar-refractivity contribution in [2.75, 3.05) is 13.7 Å². The number of fused-ring (bicyclic) bond motifs is 3. The summed E-state index contributed by atoms with van der Waals surface area (Å²) in [5, 5.41) is 5.35. The van der Waals surface area contributed by atoms with Crippen molar-refractivity contribution in [1.82, 2.24) is 9.88 Å². The normalized spacial score (nSPS) is 15.0. The molecule has 0 saturated heterocycles. The Hall–Kier alpha value is -1.19. The van der Waals surface area contributed by atoms with Gasteiger partial charge in [0, 0.05) is 37.6 Å². The van der Waals surface area contributed by atoms with Crippen LogP contribution in [0.1, 0.15) is 11.3 Å². The highest BCUT2D eigenvalue weighted by Gasteiger charge is 2.22. The molecule has 1 N–H and O–H groups in total. The first-order chi connectivity index (χ1) is 8.24. The molecule has 1 aliphatic heterocycles. The van der Waals surface area contributed by atoms with Crippen molar-refractivity contribution in [2.45, 2.75) is 13.0 Å². The summed E-state index contributed by atoms with van der Waals surface area (Å²) in [7, 11) is 3.79. The van der Waals surface area contributed by atoms with Crippen LogP contribution >= 0.6 is 11.6 Å². The third kappa shape index (κ3) is 1.46. The summed E-state index contributed by atoms with van der Waals surface area (Å²) in [6.07, 6.45) is 1.04. The molecular formula is C13H15ClN2O. The summed E-state index contributed by atoms with van der Waals surface area (Å²) >= 11 is 6.31. The minimum atomic E-state index is 0.790. The van der Waals surface area contributed by atoms with Crippen LogP contribution in [0, 0.1) is 0 Å². The highest BCUT2D eigenvalue weighted by molar-refractivity contribution is 6.35. The molecule has 0 aliphatic carbocycles. The Morgan fingerprint density at radius 1 is 1.41 bits per heavy atom. The summed E-state index contributed by atoms with van der Waals surface area (Å²) in [4.78, 5) is 0. The molecule has 3 nitrogen and oxygen atoms in total. The molecular weight excluding hydrogens is 236 g/mol. The maximum absolute atomic E-state index is 6.31. The summed E-state index contributed by atoms with van der Waals surface area (Å²) in [5.41, 5.74) is 3.78. The highest BCUT2D eigenvalue weighted by atomic mass is 35.5. The lowest BCUT2D eigenvalue weighted by atomic mass is 10.1. The van der Waals surface area contributed by atoms with Gasteiger partial charge >= 0.3 is 0 Å². The van der Waals surface area contributed by atoms with Gasteiger partial charge in [-0.3, -0.25) is 0 Å². The van der Waals surface area contributed by atoms with E-state index in [0.29, 0.717) is 0 Å². The number of benzene rings is 1. The Kier molecular flexibility index (Phi) is 2.53. The Morgan fingerprint density at radius 3 is 3.00 bits per heavy atom. The quantitative estimate of drug-likeness (QED) is 0.842. The summed E-state index contributed by atoms with van der Waals surface area (Å²) < 4.78 is 7.67. The maximum atomic E-state index is 6.31. The highest BCUT2D eigenvalue weighted by Crippen LogP contribution is 2.38. The first-order valence-electron chi connectivity index (χ1n) is 5.77. The minimum absolute atomic E-state index is 0.790. The van der Waals surface area contributed by atoms with Crippen molar-refractivity contribution in [3.8, 4) is 5.75 Å². The van der Waals surface area contributed by atoms with Gasteiger partial charge in [0.15, 0.2) is 0 Å². The molecule has 0 radical (unpaired) electrons. The lowest BCUT2D eigenvalue weighted by Gasteiger charge is -2.15. The molecule has 2 heterocycles. The van der Waals surface area contributed by atoms with Gasteiger partial charge in [0.1, 0.15) is 5.75 Å². The van der Waals surface area contributed by atoms with Crippen LogP contribution < -0.4 is 10.1 Å². The van der Waals surface area contributed by atoms with Crippen LogP contribution in [-0.4, -0.2) is 18.2 Å². The lowest BCUT2D eigenvalue weighted by molar-refractivity contribution is 0.419. The first kappa shape index (κ1) is 10.9. The zero-order chi connectivity index (χ0) is 12.0. The largest absolute Gasteiger partial charge is 0.496 e. The van der Waals surface area contributed by atoms with E-state index in [2.05, 4.69) is 16.9 Å². The number of hydrogen-bond donors (Lipinski definition) is 1. The van der Waals surface area contributed by atoms with E-state index in [-0.39, 0.29) is 0 Å². The van der Waals surface area contributed by atoms with E-state index in [9.17, 15) is 0 Å². The van der Waals surface area contributed by atoms with E-state index < -0.39 is 0 Å². The van der Waals surface area contributed by atoms with Crippen molar-refractivity contribution in [2.24, 2.45) is 7.05 Å². The Morgan fingerprint density at radius 2 is 2.24 bits per heavy atom. The zero-order valence-electron chi connectivity index (χ0n) is 10.0. The van der Waals surface area contributed by atoms with Crippen molar-refractivity contribution >= 4 is 22.5 Å². The number of nitrogens with one attached hydrogen (secondary N) is 1. The minimum Gasteiger partial charge on any atom is -0.496 e. The van der Waals surface area contributed by atoms with Crippen LogP contribution in [0.5, 0.6) is 5.75 Å². The molecule has 1 aromatic carbocycles. The Labute approximate surface area is 105 Å². The molecule has 0 amide bonds. The standard InChI is InChI=1S/C13H15ClN2O/c1-16-10-5-6-15-7-8(10)12-11(17-2)4-3-9(14)13(12)16/h3-4,15H,5-7H2,1-2H3. The third-order valence-electron chi connectivity index (χ3n) is 3.54. The fraction of sp³-hybridized carbons (Fsp3) is 0.385. The van der Waals surface area contributed by atoms with E-state index in [4.69, 9.17) is 16.3 Å². The van der Waals surface area contributed by atoms with Gasteiger partial charge in [-0.05, 0) is 17.7 Å². The second-order valence-electron chi connectivity index (χ2n) is 4.38. The van der Waals surface area contributed by atoms with Gasteiger partial charge in [0.2, 0.25) is 0 Å². The molecule has 0 spiro atoms. The first-order valence-corrected chi connectivity index (χ1v) is 6.15. The second kappa shape index (κ2) is 3.93. The molecule has 3 rings (SSSR count). The summed E-state index contributed by atoms with van der Waals surface area (Å²) in [6.45, 7) is 1.92. The van der Waals surface area contributed by atoms with Crippen LogP contribution in [0.25, 0.3) is 10.9 Å². The molecule has 1 aromatic heterocycles. The van der Waals surface area contributed by atoms with Crippen LogP contribution in [0.3, 0.4) is 0 Å². The molecule has 4 heteroatoms. The Bertz CT molecular complexity index is 589. The van der Waals surface area contributed by atoms with Crippen molar-refractivity contribution in [3.05, 3.63) is 28.4 Å². The van der Waals surface area contributed by atoms with Crippen molar-refractivity contribution < 1.29 is 4.74 Å². The van der Waals surface area contributed by atoms with E-state index in [1.165, 1.54) is 11.3 Å².